The molecule has 3 heterocycles. The SMILES string of the molecule is Cc1nn(Cc2ccc(F)cc2)c(C)c1NC(=O)c1cnn2c1N[C@@H](c1ccccc1)C[C@H]2C(F)(F)F. The molecule has 2 aromatic carbocycles. The smallest absolute Gasteiger partial charge is 0.363 e. The summed E-state index contributed by atoms with van der Waals surface area (Å²) in [6.45, 7) is 3.86. The van der Waals surface area contributed by atoms with Crippen LogP contribution in [0, 0.1) is 19.7 Å². The summed E-state index contributed by atoms with van der Waals surface area (Å²) in [6, 6.07) is 12.3. The fourth-order valence-corrected chi connectivity index (χ4v) is 4.61. The van der Waals surface area contributed by atoms with Gasteiger partial charge in [-0.25, -0.2) is 9.07 Å². The number of aryl methyl sites for hydroxylation is 1. The normalized spacial score (nSPS) is 17.2. The average molecular weight is 513 g/mol. The molecular weight excluding hydrogens is 488 g/mol. The summed E-state index contributed by atoms with van der Waals surface area (Å²) >= 11 is 0. The lowest BCUT2D eigenvalue weighted by Gasteiger charge is -2.34. The number of hydrogen-bond donors (Lipinski definition) is 2. The number of amides is 1. The van der Waals surface area contributed by atoms with Crippen LogP contribution in [0.25, 0.3) is 0 Å². The lowest BCUT2D eigenvalue weighted by atomic mass is 9.96. The molecule has 192 valence electrons. The molecule has 1 aliphatic rings. The second-order valence-electron chi connectivity index (χ2n) is 9.04. The van der Waals surface area contributed by atoms with Crippen LogP contribution in [-0.4, -0.2) is 31.6 Å². The van der Waals surface area contributed by atoms with Crippen LogP contribution in [0.5, 0.6) is 0 Å². The van der Waals surface area contributed by atoms with Gasteiger partial charge >= 0.3 is 6.18 Å². The largest absolute Gasteiger partial charge is 0.410 e. The highest BCUT2D eigenvalue weighted by Crippen LogP contribution is 2.44. The molecule has 0 saturated heterocycles. The second-order valence-corrected chi connectivity index (χ2v) is 9.04. The number of nitrogens with zero attached hydrogens (tertiary/aromatic N) is 4. The van der Waals surface area contributed by atoms with E-state index in [0.29, 0.717) is 29.2 Å². The molecule has 0 unspecified atom stereocenters. The number of hydrogen-bond acceptors (Lipinski definition) is 4. The number of fused-ring (bicyclic) bond motifs is 1. The van der Waals surface area contributed by atoms with E-state index < -0.39 is 24.2 Å². The van der Waals surface area contributed by atoms with Gasteiger partial charge < -0.3 is 10.6 Å². The summed E-state index contributed by atoms with van der Waals surface area (Å²) < 4.78 is 57.6. The Hall–Kier alpha value is -4.15. The highest BCUT2D eigenvalue weighted by Gasteiger charge is 2.47. The number of rotatable bonds is 5. The highest BCUT2D eigenvalue weighted by molar-refractivity contribution is 6.08. The van der Waals surface area contributed by atoms with Crippen molar-refractivity contribution in [2.75, 3.05) is 10.6 Å². The topological polar surface area (TPSA) is 76.8 Å². The Balaban J connectivity index is 1.43. The van der Waals surface area contributed by atoms with E-state index in [1.54, 1.807) is 61.0 Å². The van der Waals surface area contributed by atoms with Crippen LogP contribution >= 0.6 is 0 Å². The third-order valence-electron chi connectivity index (χ3n) is 6.55. The van der Waals surface area contributed by atoms with Gasteiger partial charge in [0, 0.05) is 6.42 Å². The zero-order chi connectivity index (χ0) is 26.3. The molecule has 2 atom stereocenters. The van der Waals surface area contributed by atoms with Gasteiger partial charge in [0.15, 0.2) is 6.04 Å². The summed E-state index contributed by atoms with van der Waals surface area (Å²) in [5.41, 5.74) is 3.15. The number of anilines is 2. The van der Waals surface area contributed by atoms with Crippen molar-refractivity contribution in [2.24, 2.45) is 0 Å². The van der Waals surface area contributed by atoms with Crippen LogP contribution in [-0.2, 0) is 6.54 Å². The van der Waals surface area contributed by atoms with Crippen LogP contribution in [0.2, 0.25) is 0 Å². The molecule has 0 spiro atoms. The molecule has 4 aromatic rings. The molecule has 0 radical (unpaired) electrons. The summed E-state index contributed by atoms with van der Waals surface area (Å²) in [5, 5.41) is 14.3. The van der Waals surface area contributed by atoms with Crippen molar-refractivity contribution < 1.29 is 22.4 Å². The van der Waals surface area contributed by atoms with Crippen LogP contribution < -0.4 is 10.6 Å². The number of aromatic nitrogens is 4. The Bertz CT molecular complexity index is 1430. The quantitative estimate of drug-likeness (QED) is 0.332. The van der Waals surface area contributed by atoms with Gasteiger partial charge in [0.05, 0.1) is 35.9 Å². The number of benzene rings is 2. The van der Waals surface area contributed by atoms with Gasteiger partial charge in [-0.05, 0) is 37.1 Å². The molecule has 0 saturated carbocycles. The van der Waals surface area contributed by atoms with E-state index >= 15 is 0 Å². The first-order valence-corrected chi connectivity index (χ1v) is 11.7. The van der Waals surface area contributed by atoms with E-state index in [-0.39, 0.29) is 23.6 Å². The van der Waals surface area contributed by atoms with Crippen LogP contribution in [0.1, 0.15) is 51.4 Å². The molecule has 7 nitrogen and oxygen atoms in total. The van der Waals surface area contributed by atoms with E-state index in [1.807, 2.05) is 0 Å². The third kappa shape index (κ3) is 4.81. The van der Waals surface area contributed by atoms with Crippen LogP contribution in [0.4, 0.5) is 29.1 Å². The van der Waals surface area contributed by atoms with E-state index in [0.717, 1.165) is 16.4 Å². The maximum absolute atomic E-state index is 14.0. The monoisotopic (exact) mass is 512 g/mol. The Morgan fingerprint density at radius 1 is 1.11 bits per heavy atom. The molecule has 1 aliphatic heterocycles. The first kappa shape index (κ1) is 24.5. The third-order valence-corrected chi connectivity index (χ3v) is 6.55. The first-order valence-electron chi connectivity index (χ1n) is 11.7. The number of nitrogens with one attached hydrogen (secondary N) is 2. The van der Waals surface area contributed by atoms with Crippen molar-refractivity contribution in [1.82, 2.24) is 19.6 Å². The molecule has 5 rings (SSSR count). The lowest BCUT2D eigenvalue weighted by Crippen LogP contribution is -2.36. The van der Waals surface area contributed by atoms with Gasteiger partial charge in [-0.2, -0.15) is 23.4 Å². The van der Waals surface area contributed by atoms with Gasteiger partial charge in [0.2, 0.25) is 0 Å². The minimum Gasteiger partial charge on any atom is -0.363 e. The Labute approximate surface area is 210 Å². The average Bonchev–Trinajstić information content (AvgIpc) is 3.41. The molecule has 2 N–H and O–H groups in total. The van der Waals surface area contributed by atoms with E-state index in [9.17, 15) is 22.4 Å². The molecule has 2 aromatic heterocycles. The highest BCUT2D eigenvalue weighted by atomic mass is 19.4. The van der Waals surface area contributed by atoms with Crippen LogP contribution in [0.3, 0.4) is 0 Å². The van der Waals surface area contributed by atoms with E-state index in [2.05, 4.69) is 20.8 Å². The van der Waals surface area contributed by atoms with Gasteiger partial charge in [-0.1, -0.05) is 42.5 Å². The molecule has 0 bridgehead atoms. The number of alkyl halides is 3. The lowest BCUT2D eigenvalue weighted by molar-refractivity contribution is -0.173. The zero-order valence-electron chi connectivity index (χ0n) is 20.1. The Morgan fingerprint density at radius 3 is 2.49 bits per heavy atom. The molecule has 11 heteroatoms. The summed E-state index contributed by atoms with van der Waals surface area (Å²) in [4.78, 5) is 13.3. The second kappa shape index (κ2) is 9.38. The van der Waals surface area contributed by atoms with Gasteiger partial charge in [0.1, 0.15) is 17.2 Å². The first-order chi connectivity index (χ1) is 17.6. The summed E-state index contributed by atoms with van der Waals surface area (Å²) in [5.74, 6) is -0.935. The fraction of sp³-hybridized carbons (Fsp3) is 0.269. The van der Waals surface area contributed by atoms with Crippen molar-refractivity contribution in [3.63, 3.8) is 0 Å². The summed E-state index contributed by atoms with van der Waals surface area (Å²) in [6.07, 6.45) is -3.65. The van der Waals surface area contributed by atoms with Gasteiger partial charge in [0.25, 0.3) is 5.91 Å². The van der Waals surface area contributed by atoms with Gasteiger partial charge in [-0.15, -0.1) is 0 Å². The van der Waals surface area contributed by atoms with Crippen LogP contribution in [0.15, 0.2) is 60.8 Å². The number of carbonyl (C=O) groups excluding carboxylic acids is 1. The number of halogens is 4. The minimum absolute atomic E-state index is 0.0000318. The maximum atomic E-state index is 14.0. The Morgan fingerprint density at radius 2 is 1.81 bits per heavy atom. The van der Waals surface area contributed by atoms with Crippen molar-refractivity contribution >= 4 is 17.4 Å². The minimum atomic E-state index is -4.54. The van der Waals surface area contributed by atoms with Crippen molar-refractivity contribution in [1.29, 1.82) is 0 Å². The molecule has 0 aliphatic carbocycles. The number of carbonyl (C=O) groups is 1. The summed E-state index contributed by atoms with van der Waals surface area (Å²) in [7, 11) is 0. The maximum Gasteiger partial charge on any atom is 0.410 e. The van der Waals surface area contributed by atoms with E-state index in [4.69, 9.17) is 0 Å². The molecule has 37 heavy (non-hydrogen) atoms. The van der Waals surface area contributed by atoms with Crippen molar-refractivity contribution in [2.45, 2.75) is 45.1 Å². The molecule has 1 amide bonds. The predicted octanol–water partition coefficient (Wildman–Crippen LogP) is 5.80. The Kier molecular flexibility index (Phi) is 6.22. The van der Waals surface area contributed by atoms with Gasteiger partial charge in [-0.3, -0.25) is 9.48 Å². The zero-order valence-corrected chi connectivity index (χ0v) is 20.1. The standard InChI is InChI=1S/C26H24F4N6O/c1-15-23(16(2)35(34-15)14-17-8-10-19(27)11-9-17)33-25(37)20-13-31-36-22(26(28,29)30)12-21(32-24(20)36)18-6-4-3-5-7-18/h3-11,13,21-22,32H,12,14H2,1-2H3,(H,33,37)/t21-,22+/m1/s1. The molecule has 0 fully saturated rings. The predicted molar refractivity (Wildman–Crippen MR) is 130 cm³/mol. The van der Waals surface area contributed by atoms with Crippen molar-refractivity contribution in [3.05, 3.63) is 94.7 Å². The van der Waals surface area contributed by atoms with E-state index in [1.165, 1.54) is 12.1 Å². The fourth-order valence-electron chi connectivity index (χ4n) is 4.61. The molecular formula is C26H24F4N6O. The van der Waals surface area contributed by atoms with Crippen molar-refractivity contribution in [3.8, 4) is 0 Å².